The van der Waals surface area contributed by atoms with Crippen LogP contribution in [0.15, 0.2) is 0 Å². The molecule has 0 aromatic rings. The Hall–Kier alpha value is -0.650. The molecule has 0 N–H and O–H groups in total. The smallest absolute Gasteiger partial charge is 0.305 e. The molecule has 0 atom stereocenters. The van der Waals surface area contributed by atoms with Gasteiger partial charge in [0.2, 0.25) is 0 Å². The van der Waals surface area contributed by atoms with Gasteiger partial charge in [0.1, 0.15) is 0 Å². The number of carbonyl (C=O) groups is 1. The van der Waals surface area contributed by atoms with Crippen LogP contribution in [-0.2, 0) is 23.7 Å². The molecule has 27 heavy (non-hydrogen) atoms. The van der Waals surface area contributed by atoms with Gasteiger partial charge in [0.15, 0.2) is 0 Å². The number of ether oxygens (including phenoxy) is 4. The molecule has 0 heterocycles. The molecule has 5 heteroatoms. The predicted octanol–water partition coefficient (Wildman–Crippen LogP) is 5.01. The van der Waals surface area contributed by atoms with Crippen LogP contribution in [0.1, 0.15) is 79.1 Å². The maximum atomic E-state index is 11.6. The highest BCUT2D eigenvalue weighted by Gasteiger charge is 2.03. The molecule has 0 unspecified atom stereocenters. The average molecular weight is 389 g/mol. The van der Waals surface area contributed by atoms with Crippen molar-refractivity contribution in [2.24, 2.45) is 11.8 Å². The third kappa shape index (κ3) is 23.3. The summed E-state index contributed by atoms with van der Waals surface area (Å²) in [4.78, 5) is 11.6. The summed E-state index contributed by atoms with van der Waals surface area (Å²) >= 11 is 0. The van der Waals surface area contributed by atoms with Gasteiger partial charge in [0.05, 0.1) is 33.0 Å². The Morgan fingerprint density at radius 2 is 1.22 bits per heavy atom. The van der Waals surface area contributed by atoms with E-state index >= 15 is 0 Å². The fourth-order valence-corrected chi connectivity index (χ4v) is 2.52. The first-order chi connectivity index (χ1) is 13.0. The van der Waals surface area contributed by atoms with E-state index in [2.05, 4.69) is 27.7 Å². The van der Waals surface area contributed by atoms with Crippen LogP contribution < -0.4 is 0 Å². The Morgan fingerprint density at radius 1 is 0.630 bits per heavy atom. The van der Waals surface area contributed by atoms with Crippen molar-refractivity contribution in [2.45, 2.75) is 79.1 Å². The van der Waals surface area contributed by atoms with Gasteiger partial charge in [-0.15, -0.1) is 0 Å². The van der Waals surface area contributed by atoms with Gasteiger partial charge in [-0.1, -0.05) is 59.8 Å². The van der Waals surface area contributed by atoms with Crippen LogP contribution in [0.3, 0.4) is 0 Å². The van der Waals surface area contributed by atoms with Crippen molar-refractivity contribution in [2.75, 3.05) is 46.2 Å². The van der Waals surface area contributed by atoms with E-state index in [1.165, 1.54) is 25.7 Å². The molecule has 5 nitrogen and oxygen atoms in total. The number of carbonyl (C=O) groups excluding carboxylic acids is 1. The summed E-state index contributed by atoms with van der Waals surface area (Å²) in [6, 6.07) is 0. The quantitative estimate of drug-likeness (QED) is 0.217. The van der Waals surface area contributed by atoms with E-state index in [0.29, 0.717) is 58.4 Å². The molecule has 0 aromatic carbocycles. The molecule has 0 aliphatic heterocycles. The fraction of sp³-hybridized carbons (Fsp3) is 0.955. The lowest BCUT2D eigenvalue weighted by Gasteiger charge is -2.08. The van der Waals surface area contributed by atoms with Crippen LogP contribution in [0.4, 0.5) is 0 Å². The zero-order chi connectivity index (χ0) is 20.2. The summed E-state index contributed by atoms with van der Waals surface area (Å²) in [6.07, 6.45) is 8.41. The van der Waals surface area contributed by atoms with Crippen molar-refractivity contribution in [1.82, 2.24) is 0 Å². The molecule has 0 aliphatic carbocycles. The molecule has 0 aliphatic rings. The molecule has 0 radical (unpaired) electrons. The minimum Gasteiger partial charge on any atom is -0.466 e. The molecule has 0 rings (SSSR count). The van der Waals surface area contributed by atoms with Crippen molar-refractivity contribution in [3.63, 3.8) is 0 Å². The number of esters is 1. The van der Waals surface area contributed by atoms with E-state index < -0.39 is 0 Å². The Morgan fingerprint density at radius 3 is 1.89 bits per heavy atom. The van der Waals surface area contributed by atoms with Crippen LogP contribution in [0.2, 0.25) is 0 Å². The topological polar surface area (TPSA) is 54.0 Å². The zero-order valence-electron chi connectivity index (χ0n) is 18.3. The summed E-state index contributed by atoms with van der Waals surface area (Å²) in [5, 5.41) is 0. The van der Waals surface area contributed by atoms with Gasteiger partial charge in [0.25, 0.3) is 0 Å². The lowest BCUT2D eigenvalue weighted by atomic mass is 10.0. The van der Waals surface area contributed by atoms with E-state index in [9.17, 15) is 4.79 Å². The normalized spacial score (nSPS) is 11.5. The highest BCUT2D eigenvalue weighted by atomic mass is 16.5. The third-order valence-electron chi connectivity index (χ3n) is 4.05. The number of rotatable bonds is 20. The Balaban J connectivity index is 3.17. The summed E-state index contributed by atoms with van der Waals surface area (Å²) < 4.78 is 21.5. The maximum Gasteiger partial charge on any atom is 0.305 e. The maximum absolute atomic E-state index is 11.6. The van der Waals surface area contributed by atoms with E-state index in [1.807, 2.05) is 0 Å². The van der Waals surface area contributed by atoms with Gasteiger partial charge < -0.3 is 18.9 Å². The fourth-order valence-electron chi connectivity index (χ4n) is 2.52. The first-order valence-electron chi connectivity index (χ1n) is 10.9. The summed E-state index contributed by atoms with van der Waals surface area (Å²) in [7, 11) is 0. The van der Waals surface area contributed by atoms with Gasteiger partial charge in [-0.25, -0.2) is 0 Å². The van der Waals surface area contributed by atoms with E-state index in [0.717, 1.165) is 25.4 Å². The number of hydrogen-bond acceptors (Lipinski definition) is 5. The first-order valence-corrected chi connectivity index (χ1v) is 10.9. The second-order valence-electron chi connectivity index (χ2n) is 7.97. The molecule has 0 bridgehead atoms. The number of hydrogen-bond donors (Lipinski definition) is 0. The van der Waals surface area contributed by atoms with Crippen LogP contribution in [0.5, 0.6) is 0 Å². The molecular weight excluding hydrogens is 344 g/mol. The van der Waals surface area contributed by atoms with Gasteiger partial charge in [-0.05, 0) is 24.7 Å². The molecule has 0 spiro atoms. The number of unbranched alkanes of at least 4 members (excludes halogenated alkanes) is 4. The molecular formula is C22H44O5. The zero-order valence-corrected chi connectivity index (χ0v) is 18.3. The van der Waals surface area contributed by atoms with Crippen molar-refractivity contribution in [1.29, 1.82) is 0 Å². The van der Waals surface area contributed by atoms with E-state index in [4.69, 9.17) is 18.9 Å². The predicted molar refractivity (Wildman–Crippen MR) is 110 cm³/mol. The molecule has 0 saturated heterocycles. The van der Waals surface area contributed by atoms with Gasteiger partial charge in [0, 0.05) is 19.6 Å². The second kappa shape index (κ2) is 20.1. The lowest BCUT2D eigenvalue weighted by Crippen LogP contribution is -2.12. The molecule has 0 aromatic heterocycles. The Bertz CT molecular complexity index is 318. The monoisotopic (exact) mass is 388 g/mol. The van der Waals surface area contributed by atoms with Crippen molar-refractivity contribution in [3.05, 3.63) is 0 Å². The standard InChI is InChI=1S/C22H44O5/c1-20(2)11-8-6-5-7-9-14-27-22(23)12-10-13-24-15-16-25-17-18-26-19-21(3)4/h20-21H,5-19H2,1-4H3. The van der Waals surface area contributed by atoms with Crippen LogP contribution >= 0.6 is 0 Å². The molecule has 162 valence electrons. The van der Waals surface area contributed by atoms with Gasteiger partial charge in [-0.2, -0.15) is 0 Å². The van der Waals surface area contributed by atoms with Crippen molar-refractivity contribution < 1.29 is 23.7 Å². The summed E-state index contributed by atoms with van der Waals surface area (Å²) in [5.74, 6) is 1.24. The SMILES string of the molecule is CC(C)CCCCCCCOC(=O)CCCOCCOCCOCC(C)C. The Labute approximate surface area is 167 Å². The minimum atomic E-state index is -0.114. The second-order valence-corrected chi connectivity index (χ2v) is 7.97. The molecule has 0 saturated carbocycles. The molecule has 0 amide bonds. The lowest BCUT2D eigenvalue weighted by molar-refractivity contribution is -0.144. The van der Waals surface area contributed by atoms with E-state index in [1.54, 1.807) is 0 Å². The third-order valence-corrected chi connectivity index (χ3v) is 4.05. The van der Waals surface area contributed by atoms with Crippen LogP contribution in [0, 0.1) is 11.8 Å². The van der Waals surface area contributed by atoms with Crippen molar-refractivity contribution in [3.8, 4) is 0 Å². The van der Waals surface area contributed by atoms with Crippen LogP contribution in [-0.4, -0.2) is 52.2 Å². The average Bonchev–Trinajstić information content (AvgIpc) is 2.61. The minimum absolute atomic E-state index is 0.114. The summed E-state index contributed by atoms with van der Waals surface area (Å²) in [5.41, 5.74) is 0. The summed E-state index contributed by atoms with van der Waals surface area (Å²) in [6.45, 7) is 13.0. The molecule has 0 fully saturated rings. The Kier molecular flexibility index (Phi) is 19.6. The van der Waals surface area contributed by atoms with Gasteiger partial charge in [-0.3, -0.25) is 4.79 Å². The van der Waals surface area contributed by atoms with Crippen LogP contribution in [0.25, 0.3) is 0 Å². The largest absolute Gasteiger partial charge is 0.466 e. The first kappa shape index (κ1) is 26.4. The highest BCUT2D eigenvalue weighted by molar-refractivity contribution is 5.69. The highest BCUT2D eigenvalue weighted by Crippen LogP contribution is 2.10. The van der Waals surface area contributed by atoms with Gasteiger partial charge >= 0.3 is 5.97 Å². The van der Waals surface area contributed by atoms with Crippen molar-refractivity contribution >= 4 is 5.97 Å². The van der Waals surface area contributed by atoms with E-state index in [-0.39, 0.29) is 5.97 Å².